The van der Waals surface area contributed by atoms with Gasteiger partial charge < -0.3 is 18.9 Å². The van der Waals surface area contributed by atoms with Gasteiger partial charge in [-0.3, -0.25) is 9.35 Å². The summed E-state index contributed by atoms with van der Waals surface area (Å²) in [6, 6.07) is 3.35. The van der Waals surface area contributed by atoms with Gasteiger partial charge in [-0.15, -0.1) is 0 Å². The first kappa shape index (κ1) is 25.2. The van der Waals surface area contributed by atoms with Crippen LogP contribution in [0.2, 0.25) is 0 Å². The van der Waals surface area contributed by atoms with Gasteiger partial charge in [0.05, 0.1) is 25.0 Å². The summed E-state index contributed by atoms with van der Waals surface area (Å²) in [7, 11) is -5.95. The average Bonchev–Trinajstić information content (AvgIpc) is 3.26. The molecule has 1 spiro atoms. The summed E-state index contributed by atoms with van der Waals surface area (Å²) in [5, 5.41) is -5.02. The highest BCUT2D eigenvalue weighted by Crippen LogP contribution is 2.51. The highest BCUT2D eigenvalue weighted by atomic mass is 127. The average molecular weight is 718 g/mol. The fourth-order valence-corrected chi connectivity index (χ4v) is 5.33. The van der Waals surface area contributed by atoms with E-state index in [1.54, 1.807) is 12.1 Å². The summed E-state index contributed by atoms with van der Waals surface area (Å²) >= 11 is 4.17. The molecule has 2 saturated heterocycles. The Morgan fingerprint density at radius 1 is 1.30 bits per heavy atom. The molecule has 1 aromatic carbocycles. The zero-order chi connectivity index (χ0) is 24.3. The van der Waals surface area contributed by atoms with Gasteiger partial charge in [-0.2, -0.15) is 17.2 Å². The van der Waals surface area contributed by atoms with Crippen LogP contribution >= 0.6 is 45.2 Å². The number of halogens is 5. The highest BCUT2D eigenvalue weighted by Gasteiger charge is 2.64. The molecular formula is C18H15F3I2O9S. The molecule has 1 aromatic rings. The van der Waals surface area contributed by atoms with Crippen molar-refractivity contribution in [1.29, 1.82) is 0 Å². The largest absolute Gasteiger partial charge is 0.465 e. The summed E-state index contributed by atoms with van der Waals surface area (Å²) in [6.45, 7) is -0.833. The molecule has 3 aliphatic heterocycles. The third-order valence-corrected chi connectivity index (χ3v) is 9.41. The number of fused-ring (bicyclic) bond motifs is 4. The molecule has 15 heteroatoms. The van der Waals surface area contributed by atoms with Crippen LogP contribution in [0.1, 0.15) is 29.6 Å². The van der Waals surface area contributed by atoms with Crippen molar-refractivity contribution in [2.45, 2.75) is 48.7 Å². The molecule has 3 heterocycles. The van der Waals surface area contributed by atoms with E-state index in [9.17, 15) is 31.2 Å². The number of carbonyl (C=O) groups is 2. The Morgan fingerprint density at radius 3 is 2.58 bits per heavy atom. The fraction of sp³-hybridized carbons (Fsp3) is 0.556. The number of esters is 2. The van der Waals surface area contributed by atoms with E-state index in [2.05, 4.69) is 45.2 Å². The van der Waals surface area contributed by atoms with Crippen LogP contribution in [0.5, 0.6) is 5.75 Å². The number of hydrogen-bond acceptors (Lipinski definition) is 8. The minimum absolute atomic E-state index is 0.0255. The van der Waals surface area contributed by atoms with Crippen LogP contribution < -0.4 is 4.74 Å². The summed E-state index contributed by atoms with van der Waals surface area (Å²) in [4.78, 5) is 24.9. The molecule has 1 N–H and O–H groups in total. The van der Waals surface area contributed by atoms with Crippen molar-refractivity contribution in [2.24, 2.45) is 5.92 Å². The van der Waals surface area contributed by atoms with Crippen molar-refractivity contribution < 1.29 is 54.7 Å². The van der Waals surface area contributed by atoms with Crippen LogP contribution in [0.3, 0.4) is 0 Å². The molecule has 2 fully saturated rings. The molecule has 4 rings (SSSR count). The van der Waals surface area contributed by atoms with Crippen molar-refractivity contribution in [3.8, 4) is 5.75 Å². The van der Waals surface area contributed by atoms with Gasteiger partial charge in [-0.1, -0.05) is 0 Å². The SMILES string of the molecule is O=C1OC2(CC3OC2CC3C(=O)OCCC(F)C(F)(F)S(=O)(=O)O)Oc2cc(I)c(I)cc21. The van der Waals surface area contributed by atoms with Gasteiger partial charge in [0.2, 0.25) is 0 Å². The summed E-state index contributed by atoms with van der Waals surface area (Å²) in [5.74, 6) is -3.36. The molecule has 0 aromatic heterocycles. The maximum Gasteiger partial charge on any atom is 0.400 e. The molecule has 5 unspecified atom stereocenters. The Morgan fingerprint density at radius 2 is 1.97 bits per heavy atom. The second kappa shape index (κ2) is 8.63. The first-order valence-electron chi connectivity index (χ1n) is 9.47. The van der Waals surface area contributed by atoms with Gasteiger partial charge in [0.1, 0.15) is 17.4 Å². The van der Waals surface area contributed by atoms with Gasteiger partial charge in [0.25, 0.3) is 5.79 Å². The summed E-state index contributed by atoms with van der Waals surface area (Å²) in [6.07, 6.45) is -5.86. The van der Waals surface area contributed by atoms with E-state index in [-0.39, 0.29) is 18.4 Å². The third kappa shape index (κ3) is 4.42. The molecule has 33 heavy (non-hydrogen) atoms. The molecule has 2 bridgehead atoms. The van der Waals surface area contributed by atoms with Crippen molar-refractivity contribution in [1.82, 2.24) is 0 Å². The Bertz CT molecular complexity index is 1120. The van der Waals surface area contributed by atoms with Crippen LogP contribution in [0.25, 0.3) is 0 Å². The zero-order valence-corrected chi connectivity index (χ0v) is 21.4. The van der Waals surface area contributed by atoms with E-state index in [1.807, 2.05) is 0 Å². The first-order chi connectivity index (χ1) is 15.2. The number of alkyl halides is 3. The summed E-state index contributed by atoms with van der Waals surface area (Å²) < 4.78 is 93.3. The molecular weight excluding hydrogens is 703 g/mol. The van der Waals surface area contributed by atoms with E-state index in [4.69, 9.17) is 23.5 Å². The topological polar surface area (TPSA) is 125 Å². The van der Waals surface area contributed by atoms with Gasteiger partial charge in [-0.05, 0) is 63.7 Å². The van der Waals surface area contributed by atoms with Crippen molar-refractivity contribution in [2.75, 3.05) is 6.61 Å². The van der Waals surface area contributed by atoms with Crippen LogP contribution in [-0.4, -0.2) is 60.9 Å². The van der Waals surface area contributed by atoms with Crippen LogP contribution in [0.15, 0.2) is 12.1 Å². The number of hydrogen-bond donors (Lipinski definition) is 1. The molecule has 0 aliphatic carbocycles. The lowest BCUT2D eigenvalue weighted by molar-refractivity contribution is -0.186. The number of rotatable bonds is 6. The van der Waals surface area contributed by atoms with Crippen LogP contribution in [-0.2, 0) is 29.1 Å². The predicted octanol–water partition coefficient (Wildman–Crippen LogP) is 3.07. The van der Waals surface area contributed by atoms with Crippen LogP contribution in [0, 0.1) is 13.1 Å². The maximum absolute atomic E-state index is 13.5. The van der Waals surface area contributed by atoms with Gasteiger partial charge >= 0.3 is 27.3 Å². The fourth-order valence-electron chi connectivity index (χ4n) is 3.98. The Labute approximate surface area is 212 Å². The number of ether oxygens (including phenoxy) is 4. The van der Waals surface area contributed by atoms with E-state index in [0.29, 0.717) is 5.75 Å². The lowest BCUT2D eigenvalue weighted by Gasteiger charge is -2.39. The smallest absolute Gasteiger partial charge is 0.400 e. The molecule has 0 radical (unpaired) electrons. The number of carbonyl (C=O) groups excluding carboxylic acids is 2. The Hall–Kier alpha value is -0.920. The Balaban J connectivity index is 1.36. The minimum atomic E-state index is -5.95. The van der Waals surface area contributed by atoms with E-state index >= 15 is 0 Å². The quantitative estimate of drug-likeness (QED) is 0.269. The van der Waals surface area contributed by atoms with Crippen LogP contribution in [0.4, 0.5) is 13.2 Å². The molecule has 182 valence electrons. The monoisotopic (exact) mass is 718 g/mol. The molecule has 5 atom stereocenters. The highest BCUT2D eigenvalue weighted by molar-refractivity contribution is 14.1. The van der Waals surface area contributed by atoms with E-state index in [1.165, 1.54) is 0 Å². The Kier molecular flexibility index (Phi) is 6.59. The van der Waals surface area contributed by atoms with Gasteiger partial charge in [0, 0.05) is 13.6 Å². The normalized spacial score (nSPS) is 29.4. The predicted molar refractivity (Wildman–Crippen MR) is 119 cm³/mol. The van der Waals surface area contributed by atoms with E-state index < -0.39 is 70.4 Å². The van der Waals surface area contributed by atoms with Crippen molar-refractivity contribution in [3.63, 3.8) is 0 Å². The maximum atomic E-state index is 13.5. The second-order valence-corrected chi connectivity index (χ2v) is 11.6. The summed E-state index contributed by atoms with van der Waals surface area (Å²) in [5.41, 5.74) is 0.270. The molecule has 0 amide bonds. The lowest BCUT2D eigenvalue weighted by Crippen LogP contribution is -2.53. The molecule has 0 saturated carbocycles. The molecule has 3 aliphatic rings. The first-order valence-corrected chi connectivity index (χ1v) is 13.1. The minimum Gasteiger partial charge on any atom is -0.465 e. The third-order valence-electron chi connectivity index (χ3n) is 5.65. The standard InChI is InChI=1S/C18H15F3I2O9S/c19-13(18(20,21)33(26,27)28)1-2-29-15(24)8-4-14-17(6-12(8)30-14)31-11-5-10(23)9(22)3-7(11)16(25)32-17/h3,5,8,12-14H,1-2,4,6H2,(H,26,27,28). The van der Waals surface area contributed by atoms with Crippen molar-refractivity contribution in [3.05, 3.63) is 24.8 Å². The lowest BCUT2D eigenvalue weighted by atomic mass is 9.84. The molecule has 9 nitrogen and oxygen atoms in total. The van der Waals surface area contributed by atoms with Gasteiger partial charge in [0.15, 0.2) is 6.17 Å². The second-order valence-electron chi connectivity index (χ2n) is 7.74. The van der Waals surface area contributed by atoms with Crippen molar-refractivity contribution >= 4 is 67.2 Å². The van der Waals surface area contributed by atoms with Gasteiger partial charge in [-0.25, -0.2) is 9.18 Å². The van der Waals surface area contributed by atoms with E-state index in [0.717, 1.165) is 7.14 Å². The number of benzene rings is 1. The zero-order valence-electron chi connectivity index (χ0n) is 16.3.